The Hall–Kier alpha value is -2.82. The van der Waals surface area contributed by atoms with Crippen LogP contribution in [0.2, 0.25) is 0 Å². The number of carbonyl (C=O) groups is 1. The van der Waals surface area contributed by atoms with Crippen molar-refractivity contribution < 1.29 is 27.6 Å². The minimum absolute atomic E-state index is 0.118. The smallest absolute Gasteiger partial charge is 0.417 e. The third-order valence-corrected chi connectivity index (χ3v) is 4.03. The number of alkyl halides is 3. The van der Waals surface area contributed by atoms with Crippen LogP contribution in [0.4, 0.5) is 24.5 Å². The molecule has 1 aromatic carbocycles. The standard InChI is InChI=1S/C15H12F3N3O4S/c1-25-12-4-3-10(21(23)24)6-11(12)20-13(22)8-26-14-5-2-9(7-19-14)15(16,17)18/h2-7H,8H2,1H3,(H,20,22). The molecule has 0 spiro atoms. The van der Waals surface area contributed by atoms with Gasteiger partial charge in [0.05, 0.1) is 34.1 Å². The highest BCUT2D eigenvalue weighted by Gasteiger charge is 2.30. The zero-order chi connectivity index (χ0) is 19.3. The molecule has 2 rings (SSSR count). The van der Waals surface area contributed by atoms with Gasteiger partial charge < -0.3 is 10.1 Å². The molecule has 0 saturated heterocycles. The number of nitro groups is 1. The molecule has 0 saturated carbocycles. The zero-order valence-corrected chi connectivity index (χ0v) is 14.1. The Morgan fingerprint density at radius 2 is 2.08 bits per heavy atom. The van der Waals surface area contributed by atoms with E-state index in [-0.39, 0.29) is 27.9 Å². The Morgan fingerprint density at radius 3 is 2.62 bits per heavy atom. The SMILES string of the molecule is COc1ccc([N+](=O)[O-])cc1NC(=O)CSc1ccc(C(F)(F)F)cn1. The van der Waals surface area contributed by atoms with Crippen LogP contribution in [0.1, 0.15) is 5.56 Å². The molecule has 0 radical (unpaired) electrons. The Labute approximate surface area is 149 Å². The average Bonchev–Trinajstić information content (AvgIpc) is 2.59. The number of nitrogens with one attached hydrogen (secondary N) is 1. The van der Waals surface area contributed by atoms with Crippen molar-refractivity contribution in [3.63, 3.8) is 0 Å². The first-order valence-corrected chi connectivity index (χ1v) is 7.97. The quantitative estimate of drug-likeness (QED) is 0.461. The minimum Gasteiger partial charge on any atom is -0.495 e. The van der Waals surface area contributed by atoms with Gasteiger partial charge in [-0.25, -0.2) is 4.98 Å². The van der Waals surface area contributed by atoms with Crippen molar-refractivity contribution in [3.05, 3.63) is 52.2 Å². The lowest BCUT2D eigenvalue weighted by Crippen LogP contribution is -2.15. The number of aromatic nitrogens is 1. The molecule has 7 nitrogen and oxygen atoms in total. The topological polar surface area (TPSA) is 94.4 Å². The molecule has 0 aliphatic rings. The number of non-ortho nitro benzene ring substituents is 1. The number of thioether (sulfide) groups is 1. The molecule has 1 N–H and O–H groups in total. The third kappa shape index (κ3) is 5.09. The van der Waals surface area contributed by atoms with Crippen molar-refractivity contribution in [2.45, 2.75) is 11.2 Å². The highest BCUT2D eigenvalue weighted by atomic mass is 32.2. The molecule has 1 heterocycles. The number of carbonyl (C=O) groups excluding carboxylic acids is 1. The number of hydrogen-bond acceptors (Lipinski definition) is 6. The van der Waals surface area contributed by atoms with E-state index in [0.29, 0.717) is 6.20 Å². The number of rotatable bonds is 6. The molecule has 11 heteroatoms. The number of anilines is 1. The van der Waals surface area contributed by atoms with Crippen molar-refractivity contribution in [1.82, 2.24) is 4.98 Å². The number of methoxy groups -OCH3 is 1. The molecule has 0 atom stereocenters. The van der Waals surface area contributed by atoms with Crippen molar-refractivity contribution in [1.29, 1.82) is 0 Å². The fourth-order valence-corrected chi connectivity index (χ4v) is 2.51. The predicted molar refractivity (Wildman–Crippen MR) is 88.2 cm³/mol. The number of ether oxygens (including phenoxy) is 1. The minimum atomic E-state index is -4.48. The van der Waals surface area contributed by atoms with Crippen LogP contribution < -0.4 is 10.1 Å². The first-order valence-electron chi connectivity index (χ1n) is 6.99. The van der Waals surface area contributed by atoms with Gasteiger partial charge in [0.1, 0.15) is 5.75 Å². The van der Waals surface area contributed by atoms with E-state index in [1.807, 2.05) is 0 Å². The van der Waals surface area contributed by atoms with Crippen LogP contribution in [0.5, 0.6) is 5.75 Å². The summed E-state index contributed by atoms with van der Waals surface area (Å²) in [6, 6.07) is 5.76. The number of nitrogens with zero attached hydrogens (tertiary/aromatic N) is 2. The van der Waals surface area contributed by atoms with Gasteiger partial charge in [0, 0.05) is 18.3 Å². The van der Waals surface area contributed by atoms with E-state index >= 15 is 0 Å². The monoisotopic (exact) mass is 387 g/mol. The second-order valence-corrected chi connectivity index (χ2v) is 5.86. The van der Waals surface area contributed by atoms with Gasteiger partial charge in [-0.2, -0.15) is 13.2 Å². The molecule has 1 amide bonds. The summed E-state index contributed by atoms with van der Waals surface area (Å²) in [4.78, 5) is 25.8. The molecule has 2 aromatic rings. The van der Waals surface area contributed by atoms with Gasteiger partial charge in [0.25, 0.3) is 5.69 Å². The summed E-state index contributed by atoms with van der Waals surface area (Å²) in [7, 11) is 1.34. The van der Waals surface area contributed by atoms with Crippen LogP contribution in [0, 0.1) is 10.1 Å². The maximum Gasteiger partial charge on any atom is 0.417 e. The summed E-state index contributed by atoms with van der Waals surface area (Å²) < 4.78 is 42.4. The number of hydrogen-bond donors (Lipinski definition) is 1. The van der Waals surface area contributed by atoms with Crippen molar-refractivity contribution in [2.75, 3.05) is 18.2 Å². The van der Waals surface area contributed by atoms with Crippen molar-refractivity contribution in [3.8, 4) is 5.75 Å². The van der Waals surface area contributed by atoms with Crippen LogP contribution >= 0.6 is 11.8 Å². The van der Waals surface area contributed by atoms with E-state index in [0.717, 1.165) is 30.0 Å². The molecule has 0 unspecified atom stereocenters. The number of halogens is 3. The molecular weight excluding hydrogens is 375 g/mol. The van der Waals surface area contributed by atoms with E-state index in [1.54, 1.807) is 0 Å². The van der Waals surface area contributed by atoms with Crippen LogP contribution in [0.25, 0.3) is 0 Å². The molecule has 1 aromatic heterocycles. The normalized spacial score (nSPS) is 11.1. The lowest BCUT2D eigenvalue weighted by Gasteiger charge is -2.10. The van der Waals surface area contributed by atoms with Gasteiger partial charge in [0.15, 0.2) is 0 Å². The predicted octanol–water partition coefficient (Wildman–Crippen LogP) is 3.75. The Morgan fingerprint density at radius 1 is 1.35 bits per heavy atom. The summed E-state index contributed by atoms with van der Waals surface area (Å²) in [6.45, 7) is 0. The molecule has 138 valence electrons. The van der Waals surface area contributed by atoms with Gasteiger partial charge in [-0.3, -0.25) is 14.9 Å². The lowest BCUT2D eigenvalue weighted by molar-refractivity contribution is -0.384. The summed E-state index contributed by atoms with van der Waals surface area (Å²) in [5.41, 5.74) is -0.988. The first-order chi connectivity index (χ1) is 12.2. The molecule has 0 fully saturated rings. The Bertz CT molecular complexity index is 813. The molecule has 0 aliphatic heterocycles. The second kappa shape index (κ2) is 8.04. The van der Waals surface area contributed by atoms with E-state index in [2.05, 4.69) is 10.3 Å². The second-order valence-electron chi connectivity index (χ2n) is 4.86. The van der Waals surface area contributed by atoms with Gasteiger partial charge in [-0.05, 0) is 18.2 Å². The maximum atomic E-state index is 12.5. The number of nitro benzene ring substituents is 1. The summed E-state index contributed by atoms with van der Waals surface area (Å²) in [5, 5.41) is 13.5. The average molecular weight is 387 g/mol. The van der Waals surface area contributed by atoms with Crippen LogP contribution in [0.15, 0.2) is 41.6 Å². The third-order valence-electron chi connectivity index (χ3n) is 3.08. The number of pyridine rings is 1. The van der Waals surface area contributed by atoms with Crippen LogP contribution in [-0.2, 0) is 11.0 Å². The summed E-state index contributed by atoms with van der Waals surface area (Å²) >= 11 is 0.926. The molecule has 26 heavy (non-hydrogen) atoms. The van der Waals surface area contributed by atoms with Crippen molar-refractivity contribution >= 4 is 29.0 Å². The Balaban J connectivity index is 2.01. The van der Waals surface area contributed by atoms with Crippen LogP contribution in [0.3, 0.4) is 0 Å². The fourth-order valence-electron chi connectivity index (χ4n) is 1.87. The summed E-state index contributed by atoms with van der Waals surface area (Å²) in [5.74, 6) is -0.429. The molecule has 0 aliphatic carbocycles. The van der Waals surface area contributed by atoms with Gasteiger partial charge >= 0.3 is 6.18 Å². The zero-order valence-electron chi connectivity index (χ0n) is 13.2. The van der Waals surface area contributed by atoms with Gasteiger partial charge in [-0.1, -0.05) is 11.8 Å². The first kappa shape index (κ1) is 19.5. The largest absolute Gasteiger partial charge is 0.495 e. The number of amides is 1. The van der Waals surface area contributed by atoms with Crippen LogP contribution in [-0.4, -0.2) is 28.7 Å². The highest BCUT2D eigenvalue weighted by molar-refractivity contribution is 7.99. The molecule has 0 bridgehead atoms. The van der Waals surface area contributed by atoms with E-state index in [1.165, 1.54) is 19.2 Å². The Kier molecular flexibility index (Phi) is 6.03. The van der Waals surface area contributed by atoms with Gasteiger partial charge in [0.2, 0.25) is 5.91 Å². The van der Waals surface area contributed by atoms with E-state index in [9.17, 15) is 28.1 Å². The van der Waals surface area contributed by atoms with Crippen molar-refractivity contribution in [2.24, 2.45) is 0 Å². The van der Waals surface area contributed by atoms with Gasteiger partial charge in [-0.15, -0.1) is 0 Å². The molecular formula is C15H12F3N3O4S. The lowest BCUT2D eigenvalue weighted by atomic mass is 10.2. The summed E-state index contributed by atoms with van der Waals surface area (Å²) in [6.07, 6.45) is -3.80. The maximum absolute atomic E-state index is 12.5. The number of benzene rings is 1. The van der Waals surface area contributed by atoms with E-state index in [4.69, 9.17) is 4.74 Å². The van der Waals surface area contributed by atoms with E-state index < -0.39 is 22.6 Å². The highest BCUT2D eigenvalue weighted by Crippen LogP contribution is 2.30. The fraction of sp³-hybridized carbons (Fsp3) is 0.200.